The van der Waals surface area contributed by atoms with Gasteiger partial charge in [0.1, 0.15) is 0 Å². The van der Waals surface area contributed by atoms with E-state index >= 15 is 0 Å². The van der Waals surface area contributed by atoms with Gasteiger partial charge in [-0.05, 0) is 106 Å². The SMILES string of the molecule is CC1(C)c2cc(-n3c4ccccc4c4ccccc43)ccc2-c2c1cccc2C1(C)c2ccccc2-c2ccc(-n3c4ccccc4c4ccccc43)cc21. The lowest BCUT2D eigenvalue weighted by Gasteiger charge is -2.32. The van der Waals surface area contributed by atoms with E-state index in [0.717, 1.165) is 0 Å². The maximum absolute atomic E-state index is 2.49. The fraction of sp³-hybridized carbons (Fsp3) is 0.0943. The lowest BCUT2D eigenvalue weighted by molar-refractivity contribution is 0.656. The molecular formula is C53H38N2. The minimum absolute atomic E-state index is 0.183. The zero-order valence-corrected chi connectivity index (χ0v) is 31.1. The lowest BCUT2D eigenvalue weighted by atomic mass is 9.71. The van der Waals surface area contributed by atoms with Crippen LogP contribution in [0.25, 0.3) is 77.2 Å². The van der Waals surface area contributed by atoms with Crippen LogP contribution >= 0.6 is 0 Å². The van der Waals surface area contributed by atoms with Gasteiger partial charge in [0.05, 0.1) is 22.1 Å². The Kier molecular flexibility index (Phi) is 6.01. The quantitative estimate of drug-likeness (QED) is 0.173. The summed E-state index contributed by atoms with van der Waals surface area (Å²) in [6, 6.07) is 65.8. The Hall–Kier alpha value is -6.64. The molecule has 55 heavy (non-hydrogen) atoms. The van der Waals surface area contributed by atoms with E-state index in [1.165, 1.54) is 105 Å². The highest BCUT2D eigenvalue weighted by Gasteiger charge is 2.46. The van der Waals surface area contributed by atoms with Crippen LogP contribution in [0, 0.1) is 0 Å². The van der Waals surface area contributed by atoms with Crippen molar-refractivity contribution in [2.45, 2.75) is 31.6 Å². The maximum atomic E-state index is 2.49. The van der Waals surface area contributed by atoms with Crippen molar-refractivity contribution in [2.75, 3.05) is 0 Å². The van der Waals surface area contributed by atoms with Crippen molar-refractivity contribution in [3.63, 3.8) is 0 Å². The van der Waals surface area contributed by atoms with Crippen LogP contribution in [0.2, 0.25) is 0 Å². The molecule has 2 nitrogen and oxygen atoms in total. The van der Waals surface area contributed by atoms with Gasteiger partial charge in [-0.25, -0.2) is 0 Å². The Bertz CT molecular complexity index is 3150. The summed E-state index contributed by atoms with van der Waals surface area (Å²) in [4.78, 5) is 0. The zero-order chi connectivity index (χ0) is 36.6. The summed E-state index contributed by atoms with van der Waals surface area (Å²) in [5.74, 6) is 0. The molecule has 1 atom stereocenters. The third-order valence-electron chi connectivity index (χ3n) is 13.2. The first kappa shape index (κ1) is 30.8. The van der Waals surface area contributed by atoms with Crippen LogP contribution in [0.5, 0.6) is 0 Å². The van der Waals surface area contributed by atoms with Crippen LogP contribution in [0.1, 0.15) is 48.6 Å². The van der Waals surface area contributed by atoms with Crippen molar-refractivity contribution >= 4 is 43.6 Å². The van der Waals surface area contributed by atoms with Gasteiger partial charge in [0, 0.05) is 43.7 Å². The maximum Gasteiger partial charge on any atom is 0.0541 e. The van der Waals surface area contributed by atoms with Crippen molar-refractivity contribution in [1.29, 1.82) is 0 Å². The minimum atomic E-state index is -0.380. The van der Waals surface area contributed by atoms with E-state index < -0.39 is 0 Å². The highest BCUT2D eigenvalue weighted by atomic mass is 15.0. The number of fused-ring (bicyclic) bond motifs is 12. The Labute approximate surface area is 320 Å². The smallest absolute Gasteiger partial charge is 0.0541 e. The first-order valence-electron chi connectivity index (χ1n) is 19.4. The Morgan fingerprint density at radius 2 is 0.745 bits per heavy atom. The predicted molar refractivity (Wildman–Crippen MR) is 230 cm³/mol. The molecule has 1 unspecified atom stereocenters. The Morgan fingerprint density at radius 1 is 0.327 bits per heavy atom. The summed E-state index contributed by atoms with van der Waals surface area (Å²) >= 11 is 0. The summed E-state index contributed by atoms with van der Waals surface area (Å²) in [6.07, 6.45) is 0. The molecular weight excluding hydrogens is 665 g/mol. The standard InChI is InChI=1S/C53H38N2/c1-52(2)43-21-14-22-44(51(43)41-30-28-33(31-45(41)52)54-47-23-10-5-16-37(47)38-17-6-11-24-48(38)54)53(3)42-20-9-4-15-35(42)36-29-27-34(32-46(36)53)55-49-25-12-7-18-39(49)40-19-8-13-26-50(40)55/h4-32H,1-3H3. The van der Waals surface area contributed by atoms with Crippen LogP contribution in [-0.2, 0) is 10.8 Å². The molecule has 2 heteroatoms. The third kappa shape index (κ3) is 3.89. The number of rotatable bonds is 3. The molecule has 0 bridgehead atoms. The molecule has 0 radical (unpaired) electrons. The molecule has 2 aliphatic rings. The second kappa shape index (κ2) is 10.7. The molecule has 0 saturated heterocycles. The Balaban J connectivity index is 1.09. The van der Waals surface area contributed by atoms with Gasteiger partial charge < -0.3 is 9.13 Å². The van der Waals surface area contributed by atoms with E-state index in [0.29, 0.717) is 0 Å². The van der Waals surface area contributed by atoms with Crippen molar-refractivity contribution in [2.24, 2.45) is 0 Å². The summed E-state index contributed by atoms with van der Waals surface area (Å²) < 4.78 is 4.91. The van der Waals surface area contributed by atoms with Gasteiger partial charge in [-0.1, -0.05) is 141 Å². The van der Waals surface area contributed by atoms with Crippen LogP contribution < -0.4 is 0 Å². The van der Waals surface area contributed by atoms with Crippen LogP contribution in [0.15, 0.2) is 176 Å². The van der Waals surface area contributed by atoms with E-state index in [1.807, 2.05) is 0 Å². The molecule has 0 aliphatic heterocycles. The highest BCUT2D eigenvalue weighted by molar-refractivity contribution is 6.10. The summed E-state index contributed by atoms with van der Waals surface area (Å²) in [6.45, 7) is 7.30. The van der Waals surface area contributed by atoms with Gasteiger partial charge in [-0.2, -0.15) is 0 Å². The molecule has 0 saturated carbocycles. The molecule has 12 rings (SSSR count). The van der Waals surface area contributed by atoms with Crippen molar-refractivity contribution in [3.05, 3.63) is 204 Å². The lowest BCUT2D eigenvalue weighted by Crippen LogP contribution is -2.24. The molecule has 2 aromatic heterocycles. The minimum Gasteiger partial charge on any atom is -0.309 e. The van der Waals surface area contributed by atoms with Gasteiger partial charge >= 0.3 is 0 Å². The normalized spacial score (nSPS) is 16.5. The molecule has 0 amide bonds. The Morgan fingerprint density at radius 3 is 1.31 bits per heavy atom. The van der Waals surface area contributed by atoms with E-state index in [-0.39, 0.29) is 10.8 Å². The second-order valence-electron chi connectivity index (χ2n) is 16.2. The molecule has 260 valence electrons. The van der Waals surface area contributed by atoms with Crippen molar-refractivity contribution in [1.82, 2.24) is 9.13 Å². The largest absolute Gasteiger partial charge is 0.309 e. The molecule has 2 heterocycles. The summed E-state index contributed by atoms with van der Waals surface area (Å²) in [5.41, 5.74) is 19.0. The first-order valence-corrected chi connectivity index (χ1v) is 19.4. The number of nitrogens with zero attached hydrogens (tertiary/aromatic N) is 2. The van der Waals surface area contributed by atoms with Crippen LogP contribution in [0.4, 0.5) is 0 Å². The number of benzene rings is 8. The van der Waals surface area contributed by atoms with Gasteiger partial charge in [-0.3, -0.25) is 0 Å². The highest BCUT2D eigenvalue weighted by Crippen LogP contribution is 2.59. The zero-order valence-electron chi connectivity index (χ0n) is 31.1. The van der Waals surface area contributed by atoms with Crippen molar-refractivity contribution in [3.8, 4) is 33.6 Å². The molecule has 0 N–H and O–H groups in total. The van der Waals surface area contributed by atoms with Gasteiger partial charge in [0.15, 0.2) is 0 Å². The fourth-order valence-corrected chi connectivity index (χ4v) is 10.6. The summed E-state index contributed by atoms with van der Waals surface area (Å²) in [7, 11) is 0. The monoisotopic (exact) mass is 702 g/mol. The average Bonchev–Trinajstić information content (AvgIpc) is 3.90. The predicted octanol–water partition coefficient (Wildman–Crippen LogP) is 13.5. The average molecular weight is 703 g/mol. The topological polar surface area (TPSA) is 9.86 Å². The van der Waals surface area contributed by atoms with E-state index in [9.17, 15) is 0 Å². The number of aromatic nitrogens is 2. The van der Waals surface area contributed by atoms with Crippen molar-refractivity contribution < 1.29 is 0 Å². The molecule has 0 fully saturated rings. The first-order chi connectivity index (χ1) is 26.9. The fourth-order valence-electron chi connectivity index (χ4n) is 10.6. The number of hydrogen-bond acceptors (Lipinski definition) is 0. The van der Waals surface area contributed by atoms with Gasteiger partial charge in [0.2, 0.25) is 0 Å². The molecule has 10 aromatic rings. The molecule has 8 aromatic carbocycles. The van der Waals surface area contributed by atoms with E-state index in [4.69, 9.17) is 0 Å². The van der Waals surface area contributed by atoms with Gasteiger partial charge in [-0.15, -0.1) is 0 Å². The second-order valence-corrected chi connectivity index (χ2v) is 16.2. The van der Waals surface area contributed by atoms with Crippen LogP contribution in [0.3, 0.4) is 0 Å². The van der Waals surface area contributed by atoms with Gasteiger partial charge in [0.25, 0.3) is 0 Å². The van der Waals surface area contributed by atoms with Crippen LogP contribution in [-0.4, -0.2) is 9.13 Å². The third-order valence-corrected chi connectivity index (χ3v) is 13.2. The van der Waals surface area contributed by atoms with E-state index in [2.05, 4.69) is 206 Å². The van der Waals surface area contributed by atoms with E-state index in [1.54, 1.807) is 0 Å². The molecule has 0 spiro atoms. The number of para-hydroxylation sites is 4. The molecule has 2 aliphatic carbocycles. The summed E-state index contributed by atoms with van der Waals surface area (Å²) in [5, 5.41) is 5.14. The number of hydrogen-bond donors (Lipinski definition) is 0.